The van der Waals surface area contributed by atoms with Gasteiger partial charge in [0.25, 0.3) is 5.91 Å². The van der Waals surface area contributed by atoms with E-state index in [0.717, 1.165) is 29.7 Å². The highest BCUT2D eigenvalue weighted by Crippen LogP contribution is 2.32. The molecule has 3 rings (SSSR count). The predicted octanol–water partition coefficient (Wildman–Crippen LogP) is 2.10. The molecule has 1 aliphatic carbocycles. The van der Waals surface area contributed by atoms with Crippen LogP contribution in [-0.2, 0) is 23.2 Å². The van der Waals surface area contributed by atoms with Gasteiger partial charge in [-0.05, 0) is 49.8 Å². The van der Waals surface area contributed by atoms with Gasteiger partial charge < -0.3 is 5.32 Å². The van der Waals surface area contributed by atoms with Gasteiger partial charge in [-0.3, -0.25) is 9.69 Å². The summed E-state index contributed by atoms with van der Waals surface area (Å²) >= 11 is 0. The SMILES string of the molecule is C[C@@H](C#N)CN1C(=O)N[C@](C)(c2ccc3c(c2)CCC3)C1=O. The summed E-state index contributed by atoms with van der Waals surface area (Å²) in [6.07, 6.45) is 3.25. The lowest BCUT2D eigenvalue weighted by atomic mass is 9.89. The normalized spacial score (nSPS) is 24.9. The summed E-state index contributed by atoms with van der Waals surface area (Å²) in [5.74, 6) is -0.658. The lowest BCUT2D eigenvalue weighted by molar-refractivity contribution is -0.131. The Morgan fingerprint density at radius 1 is 1.36 bits per heavy atom. The van der Waals surface area contributed by atoms with Crippen molar-refractivity contribution in [2.24, 2.45) is 5.92 Å². The Balaban J connectivity index is 1.92. The summed E-state index contributed by atoms with van der Waals surface area (Å²) < 4.78 is 0. The van der Waals surface area contributed by atoms with E-state index in [1.807, 2.05) is 12.1 Å². The van der Waals surface area contributed by atoms with Crippen LogP contribution >= 0.6 is 0 Å². The second-order valence-electron chi connectivity index (χ2n) is 6.34. The molecule has 1 saturated heterocycles. The zero-order chi connectivity index (χ0) is 15.9. The zero-order valence-electron chi connectivity index (χ0n) is 12.8. The van der Waals surface area contributed by atoms with E-state index in [2.05, 4.69) is 17.5 Å². The Morgan fingerprint density at radius 2 is 2.09 bits per heavy atom. The van der Waals surface area contributed by atoms with Crippen molar-refractivity contribution in [1.82, 2.24) is 10.2 Å². The van der Waals surface area contributed by atoms with Gasteiger partial charge in [0.1, 0.15) is 5.54 Å². The van der Waals surface area contributed by atoms with Crippen molar-refractivity contribution in [2.75, 3.05) is 6.54 Å². The summed E-state index contributed by atoms with van der Waals surface area (Å²) in [6.45, 7) is 3.56. The molecule has 0 saturated carbocycles. The average Bonchev–Trinajstić information content (AvgIpc) is 3.05. The predicted molar refractivity (Wildman–Crippen MR) is 80.8 cm³/mol. The number of nitrogens with zero attached hydrogens (tertiary/aromatic N) is 2. The van der Waals surface area contributed by atoms with Gasteiger partial charge in [0.2, 0.25) is 0 Å². The first kappa shape index (κ1) is 14.6. The number of carbonyl (C=O) groups is 2. The van der Waals surface area contributed by atoms with Crippen LogP contribution in [-0.4, -0.2) is 23.4 Å². The highest BCUT2D eigenvalue weighted by Gasteiger charge is 2.49. The lowest BCUT2D eigenvalue weighted by Gasteiger charge is -2.23. The van der Waals surface area contributed by atoms with Crippen molar-refractivity contribution in [2.45, 2.75) is 38.6 Å². The minimum Gasteiger partial charge on any atom is -0.319 e. The maximum Gasteiger partial charge on any atom is 0.325 e. The van der Waals surface area contributed by atoms with E-state index in [4.69, 9.17) is 5.26 Å². The van der Waals surface area contributed by atoms with Crippen LogP contribution in [0.15, 0.2) is 18.2 Å². The van der Waals surface area contributed by atoms with Gasteiger partial charge in [-0.2, -0.15) is 5.26 Å². The number of benzene rings is 1. The molecule has 2 atom stereocenters. The van der Waals surface area contributed by atoms with Crippen molar-refractivity contribution >= 4 is 11.9 Å². The number of carbonyl (C=O) groups excluding carboxylic acids is 2. The Morgan fingerprint density at radius 3 is 2.82 bits per heavy atom. The molecule has 114 valence electrons. The zero-order valence-corrected chi connectivity index (χ0v) is 12.8. The van der Waals surface area contributed by atoms with Gasteiger partial charge >= 0.3 is 6.03 Å². The second-order valence-corrected chi connectivity index (χ2v) is 6.34. The summed E-state index contributed by atoms with van der Waals surface area (Å²) in [5.41, 5.74) is 2.38. The van der Waals surface area contributed by atoms with Crippen molar-refractivity contribution < 1.29 is 9.59 Å². The Labute approximate surface area is 129 Å². The van der Waals surface area contributed by atoms with Gasteiger partial charge in [0, 0.05) is 6.54 Å². The standard InChI is InChI=1S/C17H19N3O2/c1-11(9-18)10-20-15(21)17(2,19-16(20)22)14-7-6-12-4-3-5-13(12)8-14/h6-8,11H,3-5,10H2,1-2H3,(H,19,22)/t11-,17+/m0/s1. The fourth-order valence-corrected chi connectivity index (χ4v) is 3.26. The topological polar surface area (TPSA) is 73.2 Å². The largest absolute Gasteiger partial charge is 0.325 e. The molecule has 5 nitrogen and oxygen atoms in total. The first-order valence-electron chi connectivity index (χ1n) is 7.61. The second kappa shape index (κ2) is 5.13. The first-order chi connectivity index (χ1) is 10.5. The van der Waals surface area contributed by atoms with Crippen LogP contribution in [0.25, 0.3) is 0 Å². The molecule has 1 aromatic rings. The number of amides is 3. The Bertz CT molecular complexity index is 692. The average molecular weight is 297 g/mol. The van der Waals surface area contributed by atoms with Crippen molar-refractivity contribution in [1.29, 1.82) is 5.26 Å². The molecule has 0 radical (unpaired) electrons. The smallest absolute Gasteiger partial charge is 0.319 e. The number of urea groups is 1. The van der Waals surface area contributed by atoms with Crippen LogP contribution in [0.2, 0.25) is 0 Å². The van der Waals surface area contributed by atoms with Gasteiger partial charge in [-0.15, -0.1) is 0 Å². The van der Waals surface area contributed by atoms with E-state index in [1.54, 1.807) is 13.8 Å². The highest BCUT2D eigenvalue weighted by molar-refractivity contribution is 6.07. The number of hydrogen-bond acceptors (Lipinski definition) is 3. The molecule has 3 amide bonds. The number of imide groups is 1. The van der Waals surface area contributed by atoms with E-state index >= 15 is 0 Å². The van der Waals surface area contributed by atoms with E-state index in [9.17, 15) is 9.59 Å². The third-order valence-corrected chi connectivity index (χ3v) is 4.63. The summed E-state index contributed by atoms with van der Waals surface area (Å²) in [4.78, 5) is 26.0. The Kier molecular flexibility index (Phi) is 3.40. The van der Waals surface area contributed by atoms with Gasteiger partial charge in [0.05, 0.1) is 12.0 Å². The highest BCUT2D eigenvalue weighted by atomic mass is 16.2. The number of rotatable bonds is 3. The summed E-state index contributed by atoms with van der Waals surface area (Å²) in [6, 6.07) is 7.67. The third-order valence-electron chi connectivity index (χ3n) is 4.63. The minimum absolute atomic E-state index is 0.127. The Hall–Kier alpha value is -2.35. The van der Waals surface area contributed by atoms with Crippen LogP contribution in [0.3, 0.4) is 0 Å². The van der Waals surface area contributed by atoms with E-state index in [1.165, 1.54) is 11.1 Å². The lowest BCUT2D eigenvalue weighted by Crippen LogP contribution is -2.41. The fraction of sp³-hybridized carbons (Fsp3) is 0.471. The summed E-state index contributed by atoms with van der Waals surface area (Å²) in [7, 11) is 0. The molecule has 0 aromatic heterocycles. The number of nitriles is 1. The van der Waals surface area contributed by atoms with Gasteiger partial charge in [-0.25, -0.2) is 4.79 Å². The molecule has 0 spiro atoms. The first-order valence-corrected chi connectivity index (χ1v) is 7.61. The van der Waals surface area contributed by atoms with E-state index in [0.29, 0.717) is 0 Å². The van der Waals surface area contributed by atoms with Crippen LogP contribution in [0.4, 0.5) is 4.79 Å². The number of nitrogens with one attached hydrogen (secondary N) is 1. The van der Waals surface area contributed by atoms with Gasteiger partial charge in [0.15, 0.2) is 0 Å². The summed E-state index contributed by atoms with van der Waals surface area (Å²) in [5, 5.41) is 11.7. The van der Waals surface area contributed by atoms with E-state index in [-0.39, 0.29) is 18.4 Å². The molecule has 0 bridgehead atoms. The molecule has 1 aliphatic heterocycles. The maximum atomic E-state index is 12.7. The molecule has 22 heavy (non-hydrogen) atoms. The number of hydrogen-bond donors (Lipinski definition) is 1. The molecular weight excluding hydrogens is 278 g/mol. The monoisotopic (exact) mass is 297 g/mol. The minimum atomic E-state index is -1.04. The quantitative estimate of drug-likeness (QED) is 0.868. The molecule has 1 heterocycles. The molecule has 5 heteroatoms. The van der Waals surface area contributed by atoms with Crippen molar-refractivity contribution in [3.8, 4) is 6.07 Å². The number of aryl methyl sites for hydroxylation is 2. The van der Waals surface area contributed by atoms with Crippen molar-refractivity contribution in [3.05, 3.63) is 34.9 Å². The van der Waals surface area contributed by atoms with Gasteiger partial charge in [-0.1, -0.05) is 18.2 Å². The van der Waals surface area contributed by atoms with Crippen molar-refractivity contribution in [3.63, 3.8) is 0 Å². The molecule has 1 aromatic carbocycles. The van der Waals surface area contributed by atoms with Crippen LogP contribution in [0.1, 0.15) is 37.0 Å². The molecule has 1 fully saturated rings. The van der Waals surface area contributed by atoms with Crippen LogP contribution in [0, 0.1) is 17.2 Å². The van der Waals surface area contributed by atoms with E-state index < -0.39 is 11.6 Å². The third kappa shape index (κ3) is 2.16. The number of fused-ring (bicyclic) bond motifs is 1. The molecular formula is C17H19N3O2. The molecule has 0 unspecified atom stereocenters. The van der Waals surface area contributed by atoms with Crippen LogP contribution < -0.4 is 5.32 Å². The maximum absolute atomic E-state index is 12.7. The molecule has 2 aliphatic rings. The molecule has 1 N–H and O–H groups in total. The van der Waals surface area contributed by atoms with Crippen LogP contribution in [0.5, 0.6) is 0 Å². The fourth-order valence-electron chi connectivity index (χ4n) is 3.26.